The maximum Gasteiger partial charge on any atom is 0.474 e. The van der Waals surface area contributed by atoms with Gasteiger partial charge in [0.05, 0.1) is 12.2 Å². The lowest BCUT2D eigenvalue weighted by molar-refractivity contribution is -0.206. The number of aliphatic hydroxyl groups excluding tert-OH is 1. The lowest BCUT2D eigenvalue weighted by atomic mass is 9.46. The van der Waals surface area contributed by atoms with E-state index in [1.54, 1.807) is 6.92 Å². The van der Waals surface area contributed by atoms with Crippen LogP contribution in [0.1, 0.15) is 47.0 Å². The first-order valence-electron chi connectivity index (χ1n) is 12.1. The molecule has 6 aliphatic rings. The van der Waals surface area contributed by atoms with Gasteiger partial charge in [-0.3, -0.25) is 9.05 Å². The van der Waals surface area contributed by atoms with Crippen molar-refractivity contribution in [3.63, 3.8) is 0 Å². The highest BCUT2D eigenvalue weighted by molar-refractivity contribution is 7.47. The number of epoxide rings is 2. The minimum Gasteiger partial charge on any atom is -0.458 e. The maximum absolute atomic E-state index is 12.3. The Morgan fingerprint density at radius 3 is 2.65 bits per heavy atom. The summed E-state index contributed by atoms with van der Waals surface area (Å²) < 4.78 is 46.5. The molecule has 0 aromatic carbocycles. The van der Waals surface area contributed by atoms with Crippen molar-refractivity contribution in [2.45, 2.75) is 88.9 Å². The predicted octanol–water partition coefficient (Wildman–Crippen LogP) is 2.08. The molecule has 0 aromatic rings. The summed E-state index contributed by atoms with van der Waals surface area (Å²) in [4.78, 5) is 22.1. The van der Waals surface area contributed by atoms with Crippen LogP contribution in [0.15, 0.2) is 11.1 Å². The standard InChI is InChI=1S/C23H33O10P/c1-10(2)16-17(24)19-23(32-19)21(4)7-6-12-13(9-29-20(12)25)14(21)8-15-22(23,31-15)18(16)30-11(3)33-34(26,27)28-5/h10-11,14-19,24H,6-9H2,1-5H3,(H,26,27)/t11?,14-,15?,16?,17+,18+,19-,21-,22+,23+/m0/s1. The Labute approximate surface area is 198 Å². The summed E-state index contributed by atoms with van der Waals surface area (Å²) in [5.41, 5.74) is -0.138. The molecule has 0 bridgehead atoms. The molecule has 3 aliphatic heterocycles. The fourth-order valence-electron chi connectivity index (χ4n) is 8.00. The van der Waals surface area contributed by atoms with E-state index in [1.165, 1.54) is 0 Å². The number of rotatable bonds is 6. The molecule has 11 atom stereocenters. The van der Waals surface area contributed by atoms with Gasteiger partial charge in [0.1, 0.15) is 24.4 Å². The number of phosphoric ester groups is 1. The minimum atomic E-state index is -4.27. The van der Waals surface area contributed by atoms with Crippen molar-refractivity contribution in [2.24, 2.45) is 23.2 Å². The number of cyclic esters (lactones) is 1. The van der Waals surface area contributed by atoms with E-state index in [0.29, 0.717) is 25.9 Å². The number of hydrogen-bond donors (Lipinski definition) is 2. The number of ether oxygens (including phenoxy) is 4. The third-order valence-corrected chi connectivity index (χ3v) is 10.5. The number of hydrogen-bond acceptors (Lipinski definition) is 9. The van der Waals surface area contributed by atoms with Crippen LogP contribution in [0.5, 0.6) is 0 Å². The first kappa shape index (κ1) is 23.6. The molecule has 11 heteroatoms. The van der Waals surface area contributed by atoms with Crippen molar-refractivity contribution in [1.29, 1.82) is 0 Å². The topological polar surface area (TPSA) is 137 Å². The summed E-state index contributed by atoms with van der Waals surface area (Å²) in [5, 5.41) is 11.5. The maximum atomic E-state index is 12.3. The molecule has 3 heterocycles. The van der Waals surface area contributed by atoms with Gasteiger partial charge >= 0.3 is 13.8 Å². The van der Waals surface area contributed by atoms with Crippen molar-refractivity contribution in [2.75, 3.05) is 13.7 Å². The molecule has 2 saturated carbocycles. The lowest BCUT2D eigenvalue weighted by Gasteiger charge is -2.55. The van der Waals surface area contributed by atoms with Crippen molar-refractivity contribution >= 4 is 13.8 Å². The zero-order valence-electron chi connectivity index (χ0n) is 20.1. The second kappa shape index (κ2) is 7.13. The largest absolute Gasteiger partial charge is 0.474 e. The zero-order valence-corrected chi connectivity index (χ0v) is 20.9. The molecular weight excluding hydrogens is 467 g/mol. The molecule has 0 amide bonds. The number of esters is 1. The van der Waals surface area contributed by atoms with Crippen LogP contribution in [0.3, 0.4) is 0 Å². The van der Waals surface area contributed by atoms with E-state index in [4.69, 9.17) is 23.5 Å². The van der Waals surface area contributed by atoms with Gasteiger partial charge in [0.25, 0.3) is 0 Å². The van der Waals surface area contributed by atoms with Gasteiger partial charge in [0.2, 0.25) is 0 Å². The smallest absolute Gasteiger partial charge is 0.458 e. The van der Waals surface area contributed by atoms with Crippen molar-refractivity contribution in [3.8, 4) is 0 Å². The van der Waals surface area contributed by atoms with Gasteiger partial charge in [-0.2, -0.15) is 0 Å². The molecule has 2 N–H and O–H groups in total. The average Bonchev–Trinajstić information content (AvgIpc) is 3.64. The van der Waals surface area contributed by atoms with E-state index in [-0.39, 0.29) is 35.2 Å². The molecular formula is C23H33O10P. The number of carbonyl (C=O) groups excluding carboxylic acids is 1. The first-order chi connectivity index (χ1) is 15.9. The number of phosphoric acid groups is 1. The molecule has 4 unspecified atom stereocenters. The Kier molecular flexibility index (Phi) is 4.94. The van der Waals surface area contributed by atoms with Gasteiger partial charge in [-0.15, -0.1) is 0 Å². The van der Waals surface area contributed by atoms with E-state index < -0.39 is 43.6 Å². The molecule has 0 aromatic heterocycles. The quantitative estimate of drug-likeness (QED) is 0.241. The molecule has 4 fully saturated rings. The van der Waals surface area contributed by atoms with E-state index in [9.17, 15) is 19.4 Å². The van der Waals surface area contributed by atoms with Crippen LogP contribution in [-0.4, -0.2) is 71.6 Å². The van der Waals surface area contributed by atoms with Crippen LogP contribution in [-0.2, 0) is 37.4 Å². The first-order valence-corrected chi connectivity index (χ1v) is 13.6. The summed E-state index contributed by atoms with van der Waals surface area (Å²) in [6, 6.07) is 0. The van der Waals surface area contributed by atoms with Gasteiger partial charge in [-0.25, -0.2) is 9.36 Å². The second-order valence-corrected chi connectivity index (χ2v) is 12.7. The van der Waals surface area contributed by atoms with Crippen molar-refractivity contribution < 1.29 is 47.4 Å². The van der Waals surface area contributed by atoms with Crippen LogP contribution in [0.2, 0.25) is 0 Å². The van der Waals surface area contributed by atoms with E-state index in [2.05, 4.69) is 11.4 Å². The molecule has 6 rings (SSSR count). The number of carbonyl (C=O) groups is 1. The lowest BCUT2D eigenvalue weighted by Crippen LogP contribution is -2.70. The van der Waals surface area contributed by atoms with E-state index in [0.717, 1.165) is 18.3 Å². The Hall–Kier alpha value is -0.840. The summed E-state index contributed by atoms with van der Waals surface area (Å²) in [6.07, 6.45) is -1.06. The minimum absolute atomic E-state index is 0.0315. The third-order valence-electron chi connectivity index (χ3n) is 9.47. The van der Waals surface area contributed by atoms with Crippen LogP contribution >= 0.6 is 7.82 Å². The molecule has 2 spiro atoms. The summed E-state index contributed by atoms with van der Waals surface area (Å²) in [6.45, 7) is 8.05. The van der Waals surface area contributed by atoms with Crippen LogP contribution in [0, 0.1) is 23.2 Å². The Morgan fingerprint density at radius 2 is 1.97 bits per heavy atom. The summed E-state index contributed by atoms with van der Waals surface area (Å²) in [7, 11) is -3.18. The predicted molar refractivity (Wildman–Crippen MR) is 115 cm³/mol. The molecule has 2 saturated heterocycles. The average molecular weight is 500 g/mol. The van der Waals surface area contributed by atoms with Gasteiger partial charge in [-0.1, -0.05) is 20.8 Å². The van der Waals surface area contributed by atoms with E-state index in [1.807, 2.05) is 13.8 Å². The molecule has 34 heavy (non-hydrogen) atoms. The molecule has 3 aliphatic carbocycles. The monoisotopic (exact) mass is 500 g/mol. The Bertz CT molecular complexity index is 1010. The number of fused-ring (bicyclic) bond motifs is 2. The highest BCUT2D eigenvalue weighted by Gasteiger charge is 2.95. The van der Waals surface area contributed by atoms with Gasteiger partial charge in [-0.05, 0) is 43.6 Å². The van der Waals surface area contributed by atoms with E-state index >= 15 is 0 Å². The summed E-state index contributed by atoms with van der Waals surface area (Å²) in [5.74, 6) is -0.466. The molecule has 190 valence electrons. The zero-order chi connectivity index (χ0) is 24.4. The Balaban J connectivity index is 1.40. The number of aliphatic hydroxyl groups is 1. The molecule has 10 nitrogen and oxygen atoms in total. The highest BCUT2D eigenvalue weighted by atomic mass is 31.2. The third kappa shape index (κ3) is 2.72. The molecule has 0 radical (unpaired) electrons. The van der Waals surface area contributed by atoms with Gasteiger partial charge < -0.3 is 28.9 Å². The van der Waals surface area contributed by atoms with Crippen molar-refractivity contribution in [3.05, 3.63) is 11.1 Å². The normalized spacial score (nSPS) is 50.9. The second-order valence-electron chi connectivity index (χ2n) is 11.2. The fraction of sp³-hybridized carbons (Fsp3) is 0.870. The van der Waals surface area contributed by atoms with Crippen molar-refractivity contribution in [1.82, 2.24) is 0 Å². The van der Waals surface area contributed by atoms with Gasteiger partial charge in [0, 0.05) is 24.0 Å². The van der Waals surface area contributed by atoms with Crippen LogP contribution in [0.4, 0.5) is 0 Å². The van der Waals surface area contributed by atoms with Gasteiger partial charge in [0.15, 0.2) is 11.9 Å². The SMILES string of the molecule is COP(=O)(O)OC(C)O[C@@H]1C(C(C)C)[C@@H](O)[C@@H]2O[C@@]23[C@@]2(C)CCC4=C(COC4=O)[C@@H]2CC2O[C@]213. The van der Waals surface area contributed by atoms with Crippen LogP contribution < -0.4 is 0 Å². The van der Waals surface area contributed by atoms with Crippen LogP contribution in [0.25, 0.3) is 0 Å². The fourth-order valence-corrected chi connectivity index (χ4v) is 8.51. The summed E-state index contributed by atoms with van der Waals surface area (Å²) >= 11 is 0. The Morgan fingerprint density at radius 1 is 1.24 bits per heavy atom. The highest BCUT2D eigenvalue weighted by Crippen LogP contribution is 2.79.